The maximum atomic E-state index is 6.07. The summed E-state index contributed by atoms with van der Waals surface area (Å²) in [6.45, 7) is 2.06. The van der Waals surface area contributed by atoms with Crippen molar-refractivity contribution in [3.8, 4) is 0 Å². The molecule has 74 valence electrons. The van der Waals surface area contributed by atoms with Crippen LogP contribution < -0.4 is 5.73 Å². The molecular weight excluding hydrogens is 262 g/mol. The van der Waals surface area contributed by atoms with Crippen molar-refractivity contribution in [2.75, 3.05) is 0 Å². The van der Waals surface area contributed by atoms with Gasteiger partial charge in [-0.2, -0.15) is 0 Å². The van der Waals surface area contributed by atoms with E-state index in [1.165, 1.54) is 4.88 Å². The van der Waals surface area contributed by atoms with Crippen molar-refractivity contribution in [1.82, 2.24) is 0 Å². The van der Waals surface area contributed by atoms with E-state index in [1.54, 1.807) is 17.6 Å². The van der Waals surface area contributed by atoms with Crippen LogP contribution in [0.3, 0.4) is 0 Å². The molecule has 0 saturated heterocycles. The smallest absolute Gasteiger partial charge is 0.125 e. The summed E-state index contributed by atoms with van der Waals surface area (Å²) in [4.78, 5) is 1.22. The van der Waals surface area contributed by atoms with Crippen molar-refractivity contribution in [3.05, 3.63) is 44.4 Å². The van der Waals surface area contributed by atoms with E-state index < -0.39 is 0 Å². The van der Waals surface area contributed by atoms with Crippen LogP contribution in [0, 0.1) is 6.92 Å². The fraction of sp³-hybridized carbons (Fsp3) is 0.200. The number of hydrogen-bond acceptors (Lipinski definition) is 3. The van der Waals surface area contributed by atoms with Gasteiger partial charge in [-0.3, -0.25) is 0 Å². The molecule has 0 aliphatic rings. The molecule has 0 amide bonds. The normalized spacial score (nSPS) is 13.1. The molecule has 2 aromatic rings. The van der Waals surface area contributed by atoms with Crippen LogP contribution in [0.15, 0.2) is 32.7 Å². The van der Waals surface area contributed by atoms with Crippen LogP contribution in [-0.2, 0) is 0 Å². The van der Waals surface area contributed by atoms with Crippen LogP contribution in [0.25, 0.3) is 0 Å². The fourth-order valence-corrected chi connectivity index (χ4v) is 3.15. The second-order valence-corrected chi connectivity index (χ2v) is 5.69. The third kappa shape index (κ3) is 1.78. The zero-order chi connectivity index (χ0) is 10.1. The molecule has 0 fully saturated rings. The first-order valence-electron chi connectivity index (χ1n) is 4.23. The van der Waals surface area contributed by atoms with Crippen molar-refractivity contribution < 1.29 is 4.42 Å². The van der Waals surface area contributed by atoms with Gasteiger partial charge in [-0.25, -0.2) is 0 Å². The Bertz CT molecular complexity index is 421. The molecule has 14 heavy (non-hydrogen) atoms. The third-order valence-electron chi connectivity index (χ3n) is 2.11. The van der Waals surface area contributed by atoms with Gasteiger partial charge in [0.25, 0.3) is 0 Å². The van der Waals surface area contributed by atoms with Gasteiger partial charge in [0.05, 0.1) is 16.1 Å². The summed E-state index contributed by atoms with van der Waals surface area (Å²) >= 11 is 5.14. The Morgan fingerprint density at radius 3 is 2.86 bits per heavy atom. The number of thiophene rings is 1. The Labute approximate surface area is 94.9 Å². The molecule has 2 nitrogen and oxygen atoms in total. The molecule has 0 radical (unpaired) electrons. The van der Waals surface area contributed by atoms with Gasteiger partial charge in [0.1, 0.15) is 5.76 Å². The standard InChI is InChI=1S/C10H10BrNOS/c1-6-7(5-9(11)14-6)10(12)8-3-2-4-13-8/h2-5,10H,12H2,1H3. The maximum Gasteiger partial charge on any atom is 0.125 e. The summed E-state index contributed by atoms with van der Waals surface area (Å²) in [5.74, 6) is 0.804. The topological polar surface area (TPSA) is 39.2 Å². The van der Waals surface area contributed by atoms with Crippen molar-refractivity contribution in [3.63, 3.8) is 0 Å². The molecule has 2 rings (SSSR count). The maximum absolute atomic E-state index is 6.07. The first-order chi connectivity index (χ1) is 6.68. The Hall–Kier alpha value is -0.580. The highest BCUT2D eigenvalue weighted by Crippen LogP contribution is 2.32. The first-order valence-corrected chi connectivity index (χ1v) is 5.84. The van der Waals surface area contributed by atoms with Crippen LogP contribution in [-0.4, -0.2) is 0 Å². The Morgan fingerprint density at radius 1 is 1.57 bits per heavy atom. The van der Waals surface area contributed by atoms with Gasteiger partial charge in [-0.1, -0.05) is 0 Å². The number of hydrogen-bond donors (Lipinski definition) is 1. The number of furan rings is 1. The molecule has 0 bridgehead atoms. The second kappa shape index (κ2) is 3.88. The molecule has 0 spiro atoms. The Morgan fingerprint density at radius 2 is 2.36 bits per heavy atom. The molecule has 0 aromatic carbocycles. The molecule has 0 aliphatic carbocycles. The lowest BCUT2D eigenvalue weighted by atomic mass is 10.1. The summed E-state index contributed by atoms with van der Waals surface area (Å²) < 4.78 is 6.38. The van der Waals surface area contributed by atoms with Crippen LogP contribution >= 0.6 is 27.3 Å². The molecule has 2 heterocycles. The molecule has 1 atom stereocenters. The minimum atomic E-state index is -0.160. The van der Waals surface area contributed by atoms with Gasteiger partial charge in [0, 0.05) is 4.88 Å². The second-order valence-electron chi connectivity index (χ2n) is 3.06. The molecule has 2 N–H and O–H groups in total. The highest BCUT2D eigenvalue weighted by atomic mass is 79.9. The predicted molar refractivity (Wildman–Crippen MR) is 61.5 cm³/mol. The predicted octanol–water partition coefficient (Wildman–Crippen LogP) is 3.46. The van der Waals surface area contributed by atoms with Crippen LogP contribution in [0.4, 0.5) is 0 Å². The van der Waals surface area contributed by atoms with E-state index in [0.29, 0.717) is 0 Å². The van der Waals surface area contributed by atoms with E-state index >= 15 is 0 Å². The lowest BCUT2D eigenvalue weighted by molar-refractivity contribution is 0.489. The van der Waals surface area contributed by atoms with E-state index in [-0.39, 0.29) is 6.04 Å². The summed E-state index contributed by atoms with van der Waals surface area (Å²) in [6.07, 6.45) is 1.64. The van der Waals surface area contributed by atoms with E-state index in [2.05, 4.69) is 22.9 Å². The summed E-state index contributed by atoms with van der Waals surface area (Å²) in [5, 5.41) is 0. The monoisotopic (exact) mass is 271 g/mol. The number of rotatable bonds is 2. The highest BCUT2D eigenvalue weighted by molar-refractivity contribution is 9.11. The average Bonchev–Trinajstić information content (AvgIpc) is 2.73. The fourth-order valence-electron chi connectivity index (χ4n) is 1.39. The summed E-state index contributed by atoms with van der Waals surface area (Å²) in [6, 6.07) is 5.64. The number of aryl methyl sites for hydroxylation is 1. The number of halogens is 1. The molecular formula is C10H10BrNOS. The van der Waals surface area contributed by atoms with Crippen LogP contribution in [0.5, 0.6) is 0 Å². The van der Waals surface area contributed by atoms with Crippen LogP contribution in [0.2, 0.25) is 0 Å². The lowest BCUT2D eigenvalue weighted by Gasteiger charge is -2.07. The van der Waals surface area contributed by atoms with Gasteiger partial charge in [-0.05, 0) is 46.6 Å². The quantitative estimate of drug-likeness (QED) is 0.909. The van der Waals surface area contributed by atoms with Crippen molar-refractivity contribution in [2.24, 2.45) is 5.73 Å². The van der Waals surface area contributed by atoms with Gasteiger partial charge >= 0.3 is 0 Å². The van der Waals surface area contributed by atoms with E-state index in [9.17, 15) is 0 Å². The minimum absolute atomic E-state index is 0.160. The van der Waals surface area contributed by atoms with E-state index in [0.717, 1.165) is 15.1 Å². The zero-order valence-electron chi connectivity index (χ0n) is 7.66. The van der Waals surface area contributed by atoms with Crippen molar-refractivity contribution in [1.29, 1.82) is 0 Å². The number of nitrogens with two attached hydrogens (primary N) is 1. The zero-order valence-corrected chi connectivity index (χ0v) is 10.1. The Balaban J connectivity index is 2.36. The van der Waals surface area contributed by atoms with E-state index in [4.69, 9.17) is 10.2 Å². The highest BCUT2D eigenvalue weighted by Gasteiger charge is 2.15. The van der Waals surface area contributed by atoms with Gasteiger partial charge < -0.3 is 10.2 Å². The molecule has 2 aromatic heterocycles. The minimum Gasteiger partial charge on any atom is -0.467 e. The molecule has 0 aliphatic heterocycles. The van der Waals surface area contributed by atoms with E-state index in [1.807, 2.05) is 18.2 Å². The van der Waals surface area contributed by atoms with Crippen molar-refractivity contribution >= 4 is 27.3 Å². The van der Waals surface area contributed by atoms with Crippen molar-refractivity contribution in [2.45, 2.75) is 13.0 Å². The first kappa shape index (κ1) is 9.96. The van der Waals surface area contributed by atoms with Gasteiger partial charge in [0.15, 0.2) is 0 Å². The molecule has 1 unspecified atom stereocenters. The van der Waals surface area contributed by atoms with Crippen LogP contribution in [0.1, 0.15) is 22.2 Å². The largest absolute Gasteiger partial charge is 0.467 e. The summed E-state index contributed by atoms with van der Waals surface area (Å²) in [7, 11) is 0. The molecule has 0 saturated carbocycles. The SMILES string of the molecule is Cc1sc(Br)cc1C(N)c1ccco1. The molecule has 4 heteroatoms. The average molecular weight is 272 g/mol. The van der Waals surface area contributed by atoms with Gasteiger partial charge in [0.2, 0.25) is 0 Å². The summed E-state index contributed by atoms with van der Waals surface area (Å²) in [5.41, 5.74) is 7.19. The van der Waals surface area contributed by atoms with Gasteiger partial charge in [-0.15, -0.1) is 11.3 Å². The Kier molecular flexibility index (Phi) is 2.76. The lowest BCUT2D eigenvalue weighted by Crippen LogP contribution is -2.10. The third-order valence-corrected chi connectivity index (χ3v) is 3.68.